The van der Waals surface area contributed by atoms with Crippen molar-refractivity contribution in [2.45, 2.75) is 32.7 Å². The minimum Gasteiger partial charge on any atom is -0.441 e. The number of fused-ring (bicyclic) bond motifs is 1. The number of aryl methyl sites for hydroxylation is 1. The number of carbonyl (C=O) groups is 1. The summed E-state index contributed by atoms with van der Waals surface area (Å²) in [5.74, 6) is 0.509. The van der Waals surface area contributed by atoms with Gasteiger partial charge < -0.3 is 15.5 Å². The van der Waals surface area contributed by atoms with Crippen molar-refractivity contribution in [2.75, 3.05) is 5.32 Å². The number of nitrogens with two attached hydrogens (primary N) is 1. The van der Waals surface area contributed by atoms with Gasteiger partial charge in [0.2, 0.25) is 5.91 Å². The van der Waals surface area contributed by atoms with Crippen LogP contribution in [0.3, 0.4) is 0 Å². The summed E-state index contributed by atoms with van der Waals surface area (Å²) in [4.78, 5) is 16.0. The summed E-state index contributed by atoms with van der Waals surface area (Å²) >= 11 is 0. The molecule has 0 aliphatic rings. The minimum absolute atomic E-state index is 0.184. The molecule has 3 N–H and O–H groups in total. The van der Waals surface area contributed by atoms with Crippen LogP contribution in [0.2, 0.25) is 0 Å². The number of nitrogens with one attached hydrogen (secondary N) is 1. The molecular weight excluding hydrogens is 230 g/mol. The van der Waals surface area contributed by atoms with Gasteiger partial charge in [-0.25, -0.2) is 4.98 Å². The van der Waals surface area contributed by atoms with Crippen molar-refractivity contribution in [1.29, 1.82) is 0 Å². The topological polar surface area (TPSA) is 81.2 Å². The molecule has 1 heterocycles. The van der Waals surface area contributed by atoms with E-state index in [-0.39, 0.29) is 5.91 Å². The van der Waals surface area contributed by atoms with Gasteiger partial charge in [0.15, 0.2) is 11.5 Å². The van der Waals surface area contributed by atoms with Crippen molar-refractivity contribution in [3.63, 3.8) is 0 Å². The van der Waals surface area contributed by atoms with Crippen LogP contribution in [-0.2, 0) is 11.2 Å². The fraction of sp³-hybridized carbons (Fsp3) is 0.385. The molecule has 0 aliphatic carbocycles. The number of anilines is 1. The number of nitrogens with zero attached hydrogens (tertiary/aromatic N) is 1. The second-order valence-corrected chi connectivity index (χ2v) is 4.15. The van der Waals surface area contributed by atoms with Crippen LogP contribution in [0.5, 0.6) is 0 Å². The maximum atomic E-state index is 11.7. The van der Waals surface area contributed by atoms with E-state index < -0.39 is 6.04 Å². The summed E-state index contributed by atoms with van der Waals surface area (Å²) < 4.78 is 5.50. The first-order valence-corrected chi connectivity index (χ1v) is 6.10. The summed E-state index contributed by atoms with van der Waals surface area (Å²) in [6.07, 6.45) is 1.36. The molecule has 2 rings (SSSR count). The predicted molar refractivity (Wildman–Crippen MR) is 70.3 cm³/mol. The standard InChI is InChI=1S/C13H17N3O2/c1-3-9(14)13(17)15-8-5-6-11-10(7-8)16-12(4-2)18-11/h5-7,9H,3-4,14H2,1-2H3,(H,15,17)/t9-/m1/s1. The molecular formula is C13H17N3O2. The van der Waals surface area contributed by atoms with Crippen molar-refractivity contribution >= 4 is 22.7 Å². The van der Waals surface area contributed by atoms with E-state index >= 15 is 0 Å². The summed E-state index contributed by atoms with van der Waals surface area (Å²) in [7, 11) is 0. The van der Waals surface area contributed by atoms with Gasteiger partial charge in [0, 0.05) is 12.1 Å². The van der Waals surface area contributed by atoms with E-state index in [1.54, 1.807) is 18.2 Å². The highest BCUT2D eigenvalue weighted by atomic mass is 16.3. The van der Waals surface area contributed by atoms with Gasteiger partial charge in [-0.15, -0.1) is 0 Å². The lowest BCUT2D eigenvalue weighted by atomic mass is 10.2. The first-order chi connectivity index (χ1) is 8.63. The zero-order valence-corrected chi connectivity index (χ0v) is 10.6. The second kappa shape index (κ2) is 5.18. The maximum absolute atomic E-state index is 11.7. The Labute approximate surface area is 105 Å². The number of hydrogen-bond acceptors (Lipinski definition) is 4. The van der Waals surface area contributed by atoms with Gasteiger partial charge in [0.05, 0.1) is 6.04 Å². The van der Waals surface area contributed by atoms with Gasteiger partial charge in [0.25, 0.3) is 0 Å². The maximum Gasteiger partial charge on any atom is 0.241 e. The number of benzene rings is 1. The highest BCUT2D eigenvalue weighted by molar-refractivity contribution is 5.96. The van der Waals surface area contributed by atoms with Crippen molar-refractivity contribution in [3.8, 4) is 0 Å². The number of carbonyl (C=O) groups excluding carboxylic acids is 1. The number of hydrogen-bond donors (Lipinski definition) is 2. The Morgan fingerprint density at radius 3 is 2.94 bits per heavy atom. The molecule has 0 saturated heterocycles. The monoisotopic (exact) mass is 247 g/mol. The normalized spacial score (nSPS) is 12.6. The van der Waals surface area contributed by atoms with Crippen molar-refractivity contribution < 1.29 is 9.21 Å². The molecule has 1 aromatic heterocycles. The van der Waals surface area contributed by atoms with Gasteiger partial charge >= 0.3 is 0 Å². The predicted octanol–water partition coefficient (Wildman–Crippen LogP) is 2.07. The zero-order chi connectivity index (χ0) is 13.1. The molecule has 1 atom stereocenters. The Balaban J connectivity index is 2.21. The Hall–Kier alpha value is -1.88. The molecule has 0 bridgehead atoms. The third kappa shape index (κ3) is 2.51. The van der Waals surface area contributed by atoms with Crippen LogP contribution >= 0.6 is 0 Å². The van der Waals surface area contributed by atoms with E-state index in [0.29, 0.717) is 18.0 Å². The van der Waals surface area contributed by atoms with Gasteiger partial charge in [0.1, 0.15) is 5.52 Å². The van der Waals surface area contributed by atoms with Crippen LogP contribution < -0.4 is 11.1 Å². The fourth-order valence-electron chi connectivity index (χ4n) is 1.62. The molecule has 0 spiro atoms. The third-order valence-corrected chi connectivity index (χ3v) is 2.78. The van der Waals surface area contributed by atoms with Crippen LogP contribution in [0.15, 0.2) is 22.6 Å². The van der Waals surface area contributed by atoms with Crippen LogP contribution in [0.4, 0.5) is 5.69 Å². The smallest absolute Gasteiger partial charge is 0.241 e. The lowest BCUT2D eigenvalue weighted by Gasteiger charge is -2.09. The van der Waals surface area contributed by atoms with Crippen molar-refractivity contribution in [1.82, 2.24) is 4.98 Å². The molecule has 1 amide bonds. The summed E-state index contributed by atoms with van der Waals surface area (Å²) in [6.45, 7) is 3.85. The molecule has 5 nitrogen and oxygen atoms in total. The average molecular weight is 247 g/mol. The number of aromatic nitrogens is 1. The van der Waals surface area contributed by atoms with E-state index in [1.807, 2.05) is 13.8 Å². The quantitative estimate of drug-likeness (QED) is 0.866. The lowest BCUT2D eigenvalue weighted by molar-refractivity contribution is -0.117. The van der Waals surface area contributed by atoms with Crippen molar-refractivity contribution in [3.05, 3.63) is 24.1 Å². The largest absolute Gasteiger partial charge is 0.441 e. The molecule has 0 unspecified atom stereocenters. The van der Waals surface area contributed by atoms with E-state index in [1.165, 1.54) is 0 Å². The Morgan fingerprint density at radius 1 is 1.50 bits per heavy atom. The molecule has 0 fully saturated rings. The second-order valence-electron chi connectivity index (χ2n) is 4.15. The summed E-state index contributed by atoms with van der Waals surface area (Å²) in [6, 6.07) is 4.89. The molecule has 0 aliphatic heterocycles. The minimum atomic E-state index is -0.482. The van der Waals surface area contributed by atoms with Crippen molar-refractivity contribution in [2.24, 2.45) is 5.73 Å². The van der Waals surface area contributed by atoms with Crippen LogP contribution in [0.25, 0.3) is 11.1 Å². The van der Waals surface area contributed by atoms with Gasteiger partial charge in [-0.1, -0.05) is 13.8 Å². The number of amides is 1. The molecule has 0 saturated carbocycles. The summed E-state index contributed by atoms with van der Waals surface area (Å²) in [5.41, 5.74) is 7.82. The molecule has 5 heteroatoms. The number of rotatable bonds is 4. The third-order valence-electron chi connectivity index (χ3n) is 2.78. The van der Waals surface area contributed by atoms with Gasteiger partial charge in [-0.3, -0.25) is 4.79 Å². The first-order valence-electron chi connectivity index (χ1n) is 6.10. The average Bonchev–Trinajstić information content (AvgIpc) is 2.79. The summed E-state index contributed by atoms with van der Waals surface area (Å²) in [5, 5.41) is 2.77. The highest BCUT2D eigenvalue weighted by Crippen LogP contribution is 2.20. The Bertz CT molecular complexity index is 562. The fourth-order valence-corrected chi connectivity index (χ4v) is 1.62. The lowest BCUT2D eigenvalue weighted by Crippen LogP contribution is -2.34. The number of oxazole rings is 1. The van der Waals surface area contributed by atoms with E-state index in [4.69, 9.17) is 10.2 Å². The SMILES string of the molecule is CCc1nc2cc(NC(=O)[C@H](N)CC)ccc2o1. The van der Waals surface area contributed by atoms with Crippen LogP contribution in [-0.4, -0.2) is 16.9 Å². The molecule has 2 aromatic rings. The van der Waals surface area contributed by atoms with E-state index in [9.17, 15) is 4.79 Å². The highest BCUT2D eigenvalue weighted by Gasteiger charge is 2.12. The molecule has 96 valence electrons. The molecule has 0 radical (unpaired) electrons. The van der Waals surface area contributed by atoms with E-state index in [0.717, 1.165) is 17.5 Å². The van der Waals surface area contributed by atoms with Gasteiger partial charge in [-0.05, 0) is 24.6 Å². The Kier molecular flexibility index (Phi) is 3.62. The van der Waals surface area contributed by atoms with E-state index in [2.05, 4.69) is 10.3 Å². The van der Waals surface area contributed by atoms with Crippen LogP contribution in [0.1, 0.15) is 26.2 Å². The first kappa shape index (κ1) is 12.6. The van der Waals surface area contributed by atoms with Crippen LogP contribution in [0, 0.1) is 0 Å². The molecule has 1 aromatic carbocycles. The Morgan fingerprint density at radius 2 is 2.28 bits per heavy atom. The van der Waals surface area contributed by atoms with Gasteiger partial charge in [-0.2, -0.15) is 0 Å². The zero-order valence-electron chi connectivity index (χ0n) is 10.6. The molecule has 18 heavy (non-hydrogen) atoms.